The molecule has 1 saturated carbocycles. The van der Waals surface area contributed by atoms with Crippen molar-refractivity contribution in [3.05, 3.63) is 35.9 Å². The molecule has 0 spiro atoms. The zero-order valence-electron chi connectivity index (χ0n) is 17.2. The van der Waals surface area contributed by atoms with Crippen molar-refractivity contribution in [3.63, 3.8) is 0 Å². The Kier molecular flexibility index (Phi) is 6.35. The molecule has 1 aromatic carbocycles. The van der Waals surface area contributed by atoms with Crippen molar-refractivity contribution in [1.82, 2.24) is 5.01 Å². The summed E-state index contributed by atoms with van der Waals surface area (Å²) in [5.41, 5.74) is 1.47. The summed E-state index contributed by atoms with van der Waals surface area (Å²) in [5, 5.41) is 6.55. The summed E-state index contributed by atoms with van der Waals surface area (Å²) >= 11 is 0. The lowest BCUT2D eigenvalue weighted by atomic mass is 9.76. The van der Waals surface area contributed by atoms with Gasteiger partial charge < -0.3 is 9.47 Å². The molecule has 0 aromatic heterocycles. The maximum atomic E-state index is 13.3. The van der Waals surface area contributed by atoms with Crippen LogP contribution in [0.25, 0.3) is 0 Å². The van der Waals surface area contributed by atoms with Crippen molar-refractivity contribution in [2.45, 2.75) is 64.0 Å². The lowest BCUT2D eigenvalue weighted by molar-refractivity contribution is -0.140. The molecule has 1 fully saturated rings. The maximum absolute atomic E-state index is 13.3. The monoisotopic (exact) mass is 418 g/mol. The number of fused-ring (bicyclic) bond motifs is 1. The molecule has 162 valence electrons. The van der Waals surface area contributed by atoms with Crippen molar-refractivity contribution >= 4 is 11.6 Å². The molecule has 2 atom stereocenters. The number of hydrogen-bond donors (Lipinski definition) is 0. The number of ether oxygens (including phenoxy) is 2. The van der Waals surface area contributed by atoms with Crippen LogP contribution < -0.4 is 9.47 Å². The van der Waals surface area contributed by atoms with E-state index >= 15 is 0 Å². The molecule has 1 aromatic rings. The normalized spacial score (nSPS) is 25.0. The van der Waals surface area contributed by atoms with E-state index in [1.54, 1.807) is 17.1 Å². The molecule has 0 unspecified atom stereocenters. The molecule has 0 bridgehead atoms. The van der Waals surface area contributed by atoms with Crippen LogP contribution in [0.3, 0.4) is 0 Å². The molecule has 30 heavy (non-hydrogen) atoms. The predicted molar refractivity (Wildman–Crippen MR) is 110 cm³/mol. The highest BCUT2D eigenvalue weighted by Crippen LogP contribution is 2.39. The molecule has 7 heteroatoms. The first-order valence-corrected chi connectivity index (χ1v) is 10.8. The fraction of sp³-hybridized carbons (Fsp3) is 0.565. The SMILES string of the molecule is COc1ccc(C2=NN(C3CCCCCC3)C(=O)[C@H]3CC=CC[C@@H]23)cc1OC(F)F. The molecule has 4 rings (SSSR count). The third kappa shape index (κ3) is 4.20. The Balaban J connectivity index is 1.74. The van der Waals surface area contributed by atoms with E-state index < -0.39 is 6.61 Å². The predicted octanol–water partition coefficient (Wildman–Crippen LogP) is 5.15. The van der Waals surface area contributed by atoms with Crippen molar-refractivity contribution < 1.29 is 23.0 Å². The zero-order valence-corrected chi connectivity index (χ0v) is 17.2. The maximum Gasteiger partial charge on any atom is 0.387 e. The summed E-state index contributed by atoms with van der Waals surface area (Å²) in [5.74, 6) is 0.1000. The van der Waals surface area contributed by atoms with E-state index in [9.17, 15) is 13.6 Å². The first-order valence-electron chi connectivity index (χ1n) is 10.8. The van der Waals surface area contributed by atoms with Gasteiger partial charge in [0.25, 0.3) is 0 Å². The summed E-state index contributed by atoms with van der Waals surface area (Å²) in [7, 11) is 1.42. The number of hydrogen-bond acceptors (Lipinski definition) is 4. The van der Waals surface area contributed by atoms with Gasteiger partial charge in [0.05, 0.1) is 24.8 Å². The van der Waals surface area contributed by atoms with Crippen molar-refractivity contribution in [3.8, 4) is 11.5 Å². The molecule has 3 aliphatic rings. The number of rotatable bonds is 5. The Morgan fingerprint density at radius 2 is 1.73 bits per heavy atom. The quantitative estimate of drug-likeness (QED) is 0.491. The van der Waals surface area contributed by atoms with Gasteiger partial charge in [0.2, 0.25) is 5.91 Å². The van der Waals surface area contributed by atoms with E-state index in [0.717, 1.165) is 31.4 Å². The van der Waals surface area contributed by atoms with E-state index in [4.69, 9.17) is 9.84 Å². The third-order valence-corrected chi connectivity index (χ3v) is 6.39. The first kappa shape index (κ1) is 20.8. The van der Waals surface area contributed by atoms with Crippen LogP contribution in [0.4, 0.5) is 8.78 Å². The second-order valence-corrected chi connectivity index (χ2v) is 8.21. The van der Waals surface area contributed by atoms with E-state index in [1.807, 2.05) is 6.07 Å². The molecule has 0 radical (unpaired) electrons. The fourth-order valence-corrected chi connectivity index (χ4v) is 4.86. The second kappa shape index (κ2) is 9.14. The highest BCUT2D eigenvalue weighted by Gasteiger charge is 2.42. The van der Waals surface area contributed by atoms with Gasteiger partial charge in [-0.3, -0.25) is 4.79 Å². The van der Waals surface area contributed by atoms with Crippen molar-refractivity contribution in [2.75, 3.05) is 7.11 Å². The van der Waals surface area contributed by atoms with Gasteiger partial charge in [0.1, 0.15) is 0 Å². The molecule has 5 nitrogen and oxygen atoms in total. The van der Waals surface area contributed by atoms with E-state index in [2.05, 4.69) is 16.9 Å². The Labute approximate surface area is 175 Å². The summed E-state index contributed by atoms with van der Waals surface area (Å²) in [6, 6.07) is 5.10. The summed E-state index contributed by atoms with van der Waals surface area (Å²) in [4.78, 5) is 13.3. The smallest absolute Gasteiger partial charge is 0.387 e. The number of amides is 1. The average molecular weight is 418 g/mol. The number of methoxy groups -OCH3 is 1. The van der Waals surface area contributed by atoms with Crippen LogP contribution in [0.15, 0.2) is 35.5 Å². The minimum Gasteiger partial charge on any atom is -0.493 e. The molecule has 2 aliphatic carbocycles. The summed E-state index contributed by atoms with van der Waals surface area (Å²) in [6.45, 7) is -2.95. The van der Waals surface area contributed by atoms with E-state index in [1.165, 1.54) is 20.0 Å². The number of nitrogens with zero attached hydrogens (tertiary/aromatic N) is 2. The molecule has 0 N–H and O–H groups in total. The number of benzene rings is 1. The standard InChI is InChI=1S/C23H28F2N2O3/c1-29-19-13-12-15(14-20(19)30-23(24)25)21-17-10-6-7-11-18(17)22(28)27(26-21)16-8-4-2-3-5-9-16/h6-7,12-14,16-18,23H,2-5,8-11H2,1H3/t17-,18+/m1/s1. The Bertz CT molecular complexity index is 832. The number of hydrazone groups is 1. The van der Waals surface area contributed by atoms with Crippen LogP contribution in [-0.4, -0.2) is 36.4 Å². The number of halogens is 2. The lowest BCUT2D eigenvalue weighted by Gasteiger charge is -2.40. The fourth-order valence-electron chi connectivity index (χ4n) is 4.86. The Morgan fingerprint density at radius 3 is 2.40 bits per heavy atom. The van der Waals surface area contributed by atoms with Crippen LogP contribution in [0, 0.1) is 11.8 Å². The minimum absolute atomic E-state index is 0.0199. The largest absolute Gasteiger partial charge is 0.493 e. The van der Waals surface area contributed by atoms with E-state index in [-0.39, 0.29) is 35.3 Å². The Morgan fingerprint density at radius 1 is 1.03 bits per heavy atom. The first-order chi connectivity index (χ1) is 14.6. The lowest BCUT2D eigenvalue weighted by Crippen LogP contribution is -2.49. The number of alkyl halides is 2. The molecule has 1 heterocycles. The number of allylic oxidation sites excluding steroid dienone is 2. The molecule has 1 amide bonds. The van der Waals surface area contributed by atoms with Gasteiger partial charge in [-0.25, -0.2) is 5.01 Å². The van der Waals surface area contributed by atoms with Crippen LogP contribution in [0.1, 0.15) is 56.9 Å². The van der Waals surface area contributed by atoms with Crippen molar-refractivity contribution in [2.24, 2.45) is 16.9 Å². The van der Waals surface area contributed by atoms with Crippen LogP contribution in [0.5, 0.6) is 11.5 Å². The average Bonchev–Trinajstić information content (AvgIpc) is 3.03. The van der Waals surface area contributed by atoms with Gasteiger partial charge >= 0.3 is 6.61 Å². The highest BCUT2D eigenvalue weighted by molar-refractivity contribution is 6.07. The zero-order chi connectivity index (χ0) is 21.1. The Hall–Kier alpha value is -2.44. The summed E-state index contributed by atoms with van der Waals surface area (Å²) in [6.07, 6.45) is 12.0. The minimum atomic E-state index is -2.95. The summed E-state index contributed by atoms with van der Waals surface area (Å²) < 4.78 is 35.7. The van der Waals surface area contributed by atoms with Crippen LogP contribution in [-0.2, 0) is 4.79 Å². The third-order valence-electron chi connectivity index (χ3n) is 6.39. The van der Waals surface area contributed by atoms with Crippen LogP contribution >= 0.6 is 0 Å². The molecule has 1 aliphatic heterocycles. The van der Waals surface area contributed by atoms with Gasteiger partial charge in [-0.2, -0.15) is 13.9 Å². The number of carbonyl (C=O) groups is 1. The van der Waals surface area contributed by atoms with Gasteiger partial charge in [-0.05, 0) is 43.9 Å². The van der Waals surface area contributed by atoms with Gasteiger partial charge in [-0.1, -0.05) is 37.8 Å². The van der Waals surface area contributed by atoms with Gasteiger partial charge in [0.15, 0.2) is 11.5 Å². The molecule has 0 saturated heterocycles. The molecular formula is C23H28F2N2O3. The van der Waals surface area contributed by atoms with Gasteiger partial charge in [-0.15, -0.1) is 0 Å². The van der Waals surface area contributed by atoms with E-state index in [0.29, 0.717) is 18.4 Å². The topological polar surface area (TPSA) is 51.1 Å². The molecular weight excluding hydrogens is 390 g/mol. The van der Waals surface area contributed by atoms with Crippen molar-refractivity contribution in [1.29, 1.82) is 0 Å². The second-order valence-electron chi connectivity index (χ2n) is 8.21. The van der Waals surface area contributed by atoms with Gasteiger partial charge in [0, 0.05) is 11.5 Å². The van der Waals surface area contributed by atoms with Crippen LogP contribution in [0.2, 0.25) is 0 Å². The highest BCUT2D eigenvalue weighted by atomic mass is 19.3. The number of carbonyl (C=O) groups excluding carboxylic acids is 1.